The third-order valence-electron chi connectivity index (χ3n) is 4.17. The topological polar surface area (TPSA) is 98.5 Å². The van der Waals surface area contributed by atoms with Gasteiger partial charge in [-0.05, 0) is 45.1 Å². The molecule has 0 spiro atoms. The van der Waals surface area contributed by atoms with Gasteiger partial charge in [0, 0.05) is 18.7 Å². The van der Waals surface area contributed by atoms with E-state index in [0.717, 1.165) is 31.4 Å². The molecule has 0 saturated heterocycles. The molecule has 1 aromatic carbocycles. The molecule has 1 aliphatic carbocycles. The van der Waals surface area contributed by atoms with Crippen LogP contribution < -0.4 is 5.32 Å². The molecule has 0 fully saturated rings. The normalized spacial score (nSPS) is 14.9. The van der Waals surface area contributed by atoms with E-state index in [2.05, 4.69) is 11.4 Å². The summed E-state index contributed by atoms with van der Waals surface area (Å²) in [6.45, 7) is 1.96. The van der Waals surface area contributed by atoms with E-state index in [0.29, 0.717) is 6.54 Å². The highest BCUT2D eigenvalue weighted by Crippen LogP contribution is 2.23. The first-order valence-corrected chi connectivity index (χ1v) is 8.87. The lowest BCUT2D eigenvalue weighted by atomic mass is 9.97. The minimum absolute atomic E-state index is 0.0238. The number of rotatable bonds is 7. The molecule has 7 nitrogen and oxygen atoms in total. The third kappa shape index (κ3) is 5.56. The van der Waals surface area contributed by atoms with Crippen LogP contribution in [0.15, 0.2) is 29.8 Å². The Morgan fingerprint density at radius 3 is 2.77 bits per heavy atom. The fourth-order valence-corrected chi connectivity index (χ4v) is 2.93. The molecule has 0 aromatic heterocycles. The summed E-state index contributed by atoms with van der Waals surface area (Å²) in [5.41, 5.74) is 1.09. The van der Waals surface area contributed by atoms with E-state index < -0.39 is 22.9 Å². The number of benzene rings is 1. The fourth-order valence-electron chi connectivity index (χ4n) is 2.68. The van der Waals surface area contributed by atoms with Crippen LogP contribution in [-0.2, 0) is 9.53 Å². The standard InChI is InChI=1S/C18H21ClN2O5/c1-12(17(22)20-10-9-13-5-3-2-4-6-13)26-18(23)15-8-7-14(21(24)25)11-16(15)19/h5,7-8,11-12H,2-4,6,9-10H2,1H3,(H,20,22)/t12-/m0/s1. The minimum atomic E-state index is -0.992. The average Bonchev–Trinajstić information content (AvgIpc) is 2.62. The zero-order valence-corrected chi connectivity index (χ0v) is 15.3. The molecule has 0 aliphatic heterocycles. The number of halogens is 1. The van der Waals surface area contributed by atoms with Crippen molar-refractivity contribution in [1.82, 2.24) is 5.32 Å². The van der Waals surface area contributed by atoms with Crippen LogP contribution in [0.2, 0.25) is 5.02 Å². The van der Waals surface area contributed by atoms with Crippen molar-refractivity contribution in [2.24, 2.45) is 0 Å². The van der Waals surface area contributed by atoms with E-state index in [9.17, 15) is 19.7 Å². The molecular formula is C18H21ClN2O5. The Kier molecular flexibility index (Phi) is 7.15. The number of hydrogen-bond donors (Lipinski definition) is 1. The SMILES string of the molecule is C[C@H](OC(=O)c1ccc([N+](=O)[O-])cc1Cl)C(=O)NCCC1=CCCCC1. The summed E-state index contributed by atoms with van der Waals surface area (Å²) in [5.74, 6) is -1.20. The minimum Gasteiger partial charge on any atom is -0.449 e. The number of nitro benzene ring substituents is 1. The largest absolute Gasteiger partial charge is 0.449 e. The Hall–Kier alpha value is -2.41. The number of ether oxygens (including phenoxy) is 1. The Bertz CT molecular complexity index is 732. The van der Waals surface area contributed by atoms with Crippen molar-refractivity contribution in [3.8, 4) is 0 Å². The van der Waals surface area contributed by atoms with Gasteiger partial charge in [-0.2, -0.15) is 0 Å². The predicted octanol–water partition coefficient (Wildman–Crippen LogP) is 3.80. The van der Waals surface area contributed by atoms with Crippen molar-refractivity contribution < 1.29 is 19.2 Å². The maximum Gasteiger partial charge on any atom is 0.340 e. The first kappa shape index (κ1) is 19.9. The number of nitro groups is 1. The van der Waals surface area contributed by atoms with E-state index >= 15 is 0 Å². The second-order valence-electron chi connectivity index (χ2n) is 6.12. The smallest absolute Gasteiger partial charge is 0.340 e. The van der Waals surface area contributed by atoms with Gasteiger partial charge in [0.2, 0.25) is 0 Å². The molecule has 0 heterocycles. The number of carbonyl (C=O) groups is 2. The number of amides is 1. The van der Waals surface area contributed by atoms with Crippen LogP contribution in [0.3, 0.4) is 0 Å². The third-order valence-corrected chi connectivity index (χ3v) is 4.48. The number of esters is 1. The Labute approximate surface area is 156 Å². The zero-order valence-electron chi connectivity index (χ0n) is 14.5. The molecule has 0 radical (unpaired) electrons. The van der Waals surface area contributed by atoms with Gasteiger partial charge >= 0.3 is 5.97 Å². The van der Waals surface area contributed by atoms with Gasteiger partial charge in [0.25, 0.3) is 11.6 Å². The van der Waals surface area contributed by atoms with Crippen LogP contribution in [0.1, 0.15) is 49.4 Å². The van der Waals surface area contributed by atoms with E-state index in [-0.39, 0.29) is 16.3 Å². The van der Waals surface area contributed by atoms with Crippen molar-refractivity contribution in [2.75, 3.05) is 6.54 Å². The van der Waals surface area contributed by atoms with Gasteiger partial charge in [0.15, 0.2) is 6.10 Å². The fraction of sp³-hybridized carbons (Fsp3) is 0.444. The van der Waals surface area contributed by atoms with Gasteiger partial charge in [0.1, 0.15) is 0 Å². The quantitative estimate of drug-likeness (QED) is 0.335. The second-order valence-corrected chi connectivity index (χ2v) is 6.53. The Balaban J connectivity index is 1.84. The molecule has 140 valence electrons. The number of hydrogen-bond acceptors (Lipinski definition) is 5. The van der Waals surface area contributed by atoms with Gasteiger partial charge in [0.05, 0.1) is 15.5 Å². The summed E-state index contributed by atoms with van der Waals surface area (Å²) in [7, 11) is 0. The van der Waals surface area contributed by atoms with Gasteiger partial charge < -0.3 is 10.1 Å². The predicted molar refractivity (Wildman–Crippen MR) is 97.2 cm³/mol. The Morgan fingerprint density at radius 2 is 2.15 bits per heavy atom. The summed E-state index contributed by atoms with van der Waals surface area (Å²) in [6.07, 6.45) is 6.58. The molecule has 26 heavy (non-hydrogen) atoms. The average molecular weight is 381 g/mol. The number of carbonyl (C=O) groups excluding carboxylic acids is 2. The molecule has 2 rings (SSSR count). The van der Waals surface area contributed by atoms with E-state index in [1.165, 1.54) is 31.4 Å². The molecule has 1 aliphatic rings. The van der Waals surface area contributed by atoms with E-state index in [4.69, 9.17) is 16.3 Å². The lowest BCUT2D eigenvalue weighted by Gasteiger charge is -2.16. The molecular weight excluding hydrogens is 360 g/mol. The molecule has 8 heteroatoms. The first-order valence-electron chi connectivity index (χ1n) is 8.49. The summed E-state index contributed by atoms with van der Waals surface area (Å²) in [6, 6.07) is 3.44. The van der Waals surface area contributed by atoms with Crippen LogP contribution in [-0.4, -0.2) is 29.4 Å². The lowest BCUT2D eigenvalue weighted by molar-refractivity contribution is -0.384. The highest BCUT2D eigenvalue weighted by atomic mass is 35.5. The molecule has 1 N–H and O–H groups in total. The van der Waals surface area contributed by atoms with Crippen molar-refractivity contribution in [3.05, 3.63) is 50.5 Å². The van der Waals surface area contributed by atoms with Gasteiger partial charge in [-0.3, -0.25) is 14.9 Å². The van der Waals surface area contributed by atoms with Gasteiger partial charge in [-0.15, -0.1) is 0 Å². The molecule has 1 amide bonds. The van der Waals surface area contributed by atoms with Crippen LogP contribution in [0.5, 0.6) is 0 Å². The van der Waals surface area contributed by atoms with E-state index in [1.807, 2.05) is 0 Å². The van der Waals surface area contributed by atoms with Crippen LogP contribution >= 0.6 is 11.6 Å². The summed E-state index contributed by atoms with van der Waals surface area (Å²) >= 11 is 5.89. The van der Waals surface area contributed by atoms with Crippen LogP contribution in [0.4, 0.5) is 5.69 Å². The molecule has 0 unspecified atom stereocenters. The monoisotopic (exact) mass is 380 g/mol. The van der Waals surface area contributed by atoms with Gasteiger partial charge in [-0.1, -0.05) is 23.3 Å². The van der Waals surface area contributed by atoms with Crippen LogP contribution in [0.25, 0.3) is 0 Å². The number of allylic oxidation sites excluding steroid dienone is 1. The summed E-state index contributed by atoms with van der Waals surface area (Å²) in [5, 5.41) is 13.3. The molecule has 1 aromatic rings. The van der Waals surface area contributed by atoms with Gasteiger partial charge in [-0.25, -0.2) is 4.79 Å². The maximum absolute atomic E-state index is 12.1. The zero-order chi connectivity index (χ0) is 19.1. The number of non-ortho nitro benzene ring substituents is 1. The molecule has 0 saturated carbocycles. The lowest BCUT2D eigenvalue weighted by Crippen LogP contribution is -2.36. The van der Waals surface area contributed by atoms with Crippen LogP contribution in [0, 0.1) is 10.1 Å². The van der Waals surface area contributed by atoms with E-state index in [1.54, 1.807) is 0 Å². The Morgan fingerprint density at radius 1 is 1.38 bits per heavy atom. The highest BCUT2D eigenvalue weighted by Gasteiger charge is 2.21. The number of nitrogens with one attached hydrogen (secondary N) is 1. The van der Waals surface area contributed by atoms with Crippen molar-refractivity contribution in [3.63, 3.8) is 0 Å². The second kappa shape index (κ2) is 9.33. The number of nitrogens with zero attached hydrogens (tertiary/aromatic N) is 1. The highest BCUT2D eigenvalue weighted by molar-refractivity contribution is 6.33. The van der Waals surface area contributed by atoms with Crippen molar-refractivity contribution in [1.29, 1.82) is 0 Å². The maximum atomic E-state index is 12.1. The van der Waals surface area contributed by atoms with Crippen molar-refractivity contribution in [2.45, 2.75) is 45.1 Å². The summed E-state index contributed by atoms with van der Waals surface area (Å²) in [4.78, 5) is 34.2. The summed E-state index contributed by atoms with van der Waals surface area (Å²) < 4.78 is 5.10. The molecule has 1 atom stereocenters. The molecule has 0 bridgehead atoms. The first-order chi connectivity index (χ1) is 12.4. The van der Waals surface area contributed by atoms with Crippen molar-refractivity contribution >= 4 is 29.2 Å².